The second kappa shape index (κ2) is 6.38. The molecule has 2 heteroatoms. The predicted molar refractivity (Wildman–Crippen MR) is 81.0 cm³/mol. The third kappa shape index (κ3) is 3.96. The molecular weight excluding hydrogens is 220 g/mol. The molecule has 0 aromatic heterocycles. The molecule has 0 aliphatic heterocycles. The molecule has 18 heavy (non-hydrogen) atoms. The van der Waals surface area contributed by atoms with E-state index in [4.69, 9.17) is 0 Å². The van der Waals surface area contributed by atoms with E-state index in [-0.39, 0.29) is 0 Å². The lowest BCUT2D eigenvalue weighted by atomic mass is 9.70. The van der Waals surface area contributed by atoms with Crippen molar-refractivity contribution in [1.82, 2.24) is 10.2 Å². The van der Waals surface area contributed by atoms with Gasteiger partial charge in [-0.05, 0) is 58.5 Å². The Morgan fingerprint density at radius 1 is 1.28 bits per heavy atom. The molecule has 0 aromatic rings. The lowest BCUT2D eigenvalue weighted by Crippen LogP contribution is -2.50. The Labute approximate surface area is 115 Å². The summed E-state index contributed by atoms with van der Waals surface area (Å²) in [5.74, 6) is 0.930. The Bertz CT molecular complexity index is 239. The highest BCUT2D eigenvalue weighted by Crippen LogP contribution is 2.40. The van der Waals surface area contributed by atoms with Crippen LogP contribution in [0, 0.1) is 11.3 Å². The summed E-state index contributed by atoms with van der Waals surface area (Å²) >= 11 is 0. The molecule has 2 nitrogen and oxygen atoms in total. The maximum absolute atomic E-state index is 3.44. The second-order valence-electron chi connectivity index (χ2n) is 7.23. The minimum Gasteiger partial charge on any atom is -0.319 e. The minimum absolute atomic E-state index is 0.323. The molecule has 1 aliphatic rings. The van der Waals surface area contributed by atoms with Crippen molar-refractivity contribution >= 4 is 0 Å². The molecular formula is C16H34N2. The van der Waals surface area contributed by atoms with Crippen molar-refractivity contribution in [1.29, 1.82) is 0 Å². The molecule has 0 aromatic carbocycles. The summed E-state index contributed by atoms with van der Waals surface area (Å²) in [4.78, 5) is 2.58. The number of rotatable bonds is 6. The monoisotopic (exact) mass is 254 g/mol. The van der Waals surface area contributed by atoms with Crippen LogP contribution in [0.2, 0.25) is 0 Å². The molecule has 1 fully saturated rings. The highest BCUT2D eigenvalue weighted by Gasteiger charge is 2.37. The lowest BCUT2D eigenvalue weighted by Gasteiger charge is -2.46. The summed E-state index contributed by atoms with van der Waals surface area (Å²) in [6, 6.07) is 0. The normalized spacial score (nSPS) is 29.8. The van der Waals surface area contributed by atoms with E-state index >= 15 is 0 Å². The highest BCUT2D eigenvalue weighted by atomic mass is 15.2. The van der Waals surface area contributed by atoms with E-state index < -0.39 is 0 Å². The molecule has 0 amide bonds. The van der Waals surface area contributed by atoms with Gasteiger partial charge >= 0.3 is 0 Å². The molecule has 108 valence electrons. The summed E-state index contributed by atoms with van der Waals surface area (Å²) in [5, 5.41) is 3.44. The Morgan fingerprint density at radius 3 is 2.28 bits per heavy atom. The zero-order valence-electron chi connectivity index (χ0n) is 13.5. The van der Waals surface area contributed by atoms with Gasteiger partial charge in [0.2, 0.25) is 0 Å². The Kier molecular flexibility index (Phi) is 5.67. The van der Waals surface area contributed by atoms with Crippen molar-refractivity contribution in [2.75, 3.05) is 27.2 Å². The maximum atomic E-state index is 3.44. The van der Waals surface area contributed by atoms with E-state index in [9.17, 15) is 0 Å². The summed E-state index contributed by atoms with van der Waals surface area (Å²) in [6.45, 7) is 11.8. The minimum atomic E-state index is 0.323. The summed E-state index contributed by atoms with van der Waals surface area (Å²) in [6.07, 6.45) is 6.80. The molecule has 0 unspecified atom stereocenters. The van der Waals surface area contributed by atoms with Crippen molar-refractivity contribution < 1.29 is 0 Å². The van der Waals surface area contributed by atoms with Gasteiger partial charge in [-0.1, -0.05) is 26.7 Å². The zero-order valence-corrected chi connectivity index (χ0v) is 13.5. The molecule has 1 saturated carbocycles. The standard InChI is InChI=1S/C16H34N2/c1-7-15(3,4)18(6)13-16(12-17-5)10-8-14(2)9-11-16/h14,17H,7-13H2,1-6H3. The van der Waals surface area contributed by atoms with E-state index in [1.54, 1.807) is 0 Å². The van der Waals surface area contributed by atoms with Crippen LogP contribution in [-0.4, -0.2) is 37.6 Å². The summed E-state index contributed by atoms with van der Waals surface area (Å²) in [7, 11) is 4.41. The van der Waals surface area contributed by atoms with Gasteiger partial charge in [-0.2, -0.15) is 0 Å². The van der Waals surface area contributed by atoms with E-state index in [0.29, 0.717) is 11.0 Å². The van der Waals surface area contributed by atoms with E-state index in [1.807, 2.05) is 0 Å². The number of hydrogen-bond acceptors (Lipinski definition) is 2. The van der Waals surface area contributed by atoms with Crippen LogP contribution < -0.4 is 5.32 Å². The summed E-state index contributed by atoms with van der Waals surface area (Å²) < 4.78 is 0. The van der Waals surface area contributed by atoms with Gasteiger partial charge in [-0.15, -0.1) is 0 Å². The smallest absolute Gasteiger partial charge is 0.0147 e. The van der Waals surface area contributed by atoms with Crippen molar-refractivity contribution in [2.45, 2.75) is 65.3 Å². The first-order valence-corrected chi connectivity index (χ1v) is 7.71. The first-order valence-electron chi connectivity index (χ1n) is 7.71. The van der Waals surface area contributed by atoms with E-state index in [1.165, 1.54) is 45.2 Å². The Balaban J connectivity index is 2.68. The van der Waals surface area contributed by atoms with Crippen LogP contribution in [0.5, 0.6) is 0 Å². The third-order valence-corrected chi connectivity index (χ3v) is 5.36. The van der Waals surface area contributed by atoms with E-state index in [0.717, 1.165) is 5.92 Å². The average Bonchev–Trinajstić information content (AvgIpc) is 2.33. The SMILES string of the molecule is CCC(C)(C)N(C)CC1(CNC)CCC(C)CC1. The van der Waals surface area contributed by atoms with Crippen molar-refractivity contribution in [3.63, 3.8) is 0 Å². The van der Waals surface area contributed by atoms with Gasteiger partial charge in [0, 0.05) is 18.6 Å². The molecule has 0 spiro atoms. The van der Waals surface area contributed by atoms with Crippen LogP contribution >= 0.6 is 0 Å². The first kappa shape index (κ1) is 16.0. The maximum Gasteiger partial charge on any atom is 0.0147 e. The zero-order chi connectivity index (χ0) is 13.8. The first-order chi connectivity index (χ1) is 8.35. The fourth-order valence-corrected chi connectivity index (χ4v) is 3.13. The summed E-state index contributed by atoms with van der Waals surface area (Å²) in [5.41, 5.74) is 0.826. The van der Waals surface area contributed by atoms with Crippen LogP contribution in [0.15, 0.2) is 0 Å². The predicted octanol–water partition coefficient (Wildman–Crippen LogP) is 3.52. The quantitative estimate of drug-likeness (QED) is 0.780. The number of nitrogens with zero attached hydrogens (tertiary/aromatic N) is 1. The van der Waals surface area contributed by atoms with Crippen LogP contribution in [0.25, 0.3) is 0 Å². The second-order valence-corrected chi connectivity index (χ2v) is 7.23. The van der Waals surface area contributed by atoms with Crippen molar-refractivity contribution in [3.8, 4) is 0 Å². The largest absolute Gasteiger partial charge is 0.319 e. The van der Waals surface area contributed by atoms with Crippen molar-refractivity contribution in [3.05, 3.63) is 0 Å². The average molecular weight is 254 g/mol. The van der Waals surface area contributed by atoms with Gasteiger partial charge in [0.25, 0.3) is 0 Å². The Hall–Kier alpha value is -0.0800. The third-order valence-electron chi connectivity index (χ3n) is 5.36. The van der Waals surface area contributed by atoms with Crippen LogP contribution in [0.4, 0.5) is 0 Å². The molecule has 0 atom stereocenters. The molecule has 0 saturated heterocycles. The number of hydrogen-bond donors (Lipinski definition) is 1. The van der Waals surface area contributed by atoms with Gasteiger partial charge in [0.1, 0.15) is 0 Å². The molecule has 1 aliphatic carbocycles. The molecule has 0 radical (unpaired) electrons. The fraction of sp³-hybridized carbons (Fsp3) is 1.00. The molecule has 0 bridgehead atoms. The lowest BCUT2D eigenvalue weighted by molar-refractivity contribution is 0.0483. The van der Waals surface area contributed by atoms with Crippen LogP contribution in [-0.2, 0) is 0 Å². The van der Waals surface area contributed by atoms with Gasteiger partial charge < -0.3 is 10.2 Å². The van der Waals surface area contributed by atoms with Crippen LogP contribution in [0.1, 0.15) is 59.8 Å². The van der Waals surface area contributed by atoms with Gasteiger partial charge in [0.15, 0.2) is 0 Å². The Morgan fingerprint density at radius 2 is 1.83 bits per heavy atom. The number of nitrogens with one attached hydrogen (secondary N) is 1. The van der Waals surface area contributed by atoms with Gasteiger partial charge in [-0.25, -0.2) is 0 Å². The van der Waals surface area contributed by atoms with Crippen molar-refractivity contribution in [2.24, 2.45) is 11.3 Å². The molecule has 1 N–H and O–H groups in total. The topological polar surface area (TPSA) is 15.3 Å². The van der Waals surface area contributed by atoms with E-state index in [2.05, 4.69) is 52.0 Å². The molecule has 1 rings (SSSR count). The fourth-order valence-electron chi connectivity index (χ4n) is 3.13. The van der Waals surface area contributed by atoms with Gasteiger partial charge in [0.05, 0.1) is 0 Å². The molecule has 0 heterocycles. The van der Waals surface area contributed by atoms with Gasteiger partial charge in [-0.3, -0.25) is 0 Å². The highest BCUT2D eigenvalue weighted by molar-refractivity contribution is 4.91. The van der Waals surface area contributed by atoms with Crippen LogP contribution in [0.3, 0.4) is 0 Å².